The Morgan fingerprint density at radius 1 is 1.33 bits per heavy atom. The molecular weight excluding hydrogens is 229 g/mol. The van der Waals surface area contributed by atoms with Gasteiger partial charge in [0.05, 0.1) is 5.56 Å². The lowest BCUT2D eigenvalue weighted by molar-refractivity contribution is 0.249. The van der Waals surface area contributed by atoms with Crippen LogP contribution in [0.4, 0.5) is 10.1 Å². The molecule has 0 N–H and O–H groups in total. The average Bonchev–Trinajstić information content (AvgIpc) is 2.38. The van der Waals surface area contributed by atoms with Crippen LogP contribution in [0.15, 0.2) is 18.2 Å². The Bertz CT molecular complexity index is 457. The fourth-order valence-corrected chi connectivity index (χ4v) is 2.43. The second-order valence-electron chi connectivity index (χ2n) is 4.96. The molecule has 1 aromatic rings. The van der Waals surface area contributed by atoms with Crippen molar-refractivity contribution in [2.24, 2.45) is 0 Å². The van der Waals surface area contributed by atoms with Gasteiger partial charge in [0.25, 0.3) is 0 Å². The number of benzene rings is 1. The first-order valence-corrected chi connectivity index (χ1v) is 6.23. The third-order valence-corrected chi connectivity index (χ3v) is 3.63. The largest absolute Gasteiger partial charge is 0.371 e. The zero-order chi connectivity index (χ0) is 13.1. The topological polar surface area (TPSA) is 30.3 Å². The molecule has 2 rings (SSSR count). The maximum Gasteiger partial charge on any atom is 0.143 e. The molecule has 1 aromatic carbocycles. The van der Waals surface area contributed by atoms with Crippen molar-refractivity contribution in [3.63, 3.8) is 0 Å². The summed E-state index contributed by atoms with van der Waals surface area (Å²) in [5.41, 5.74) is 0.991. The quantitative estimate of drug-likeness (QED) is 0.803. The van der Waals surface area contributed by atoms with Crippen molar-refractivity contribution in [2.75, 3.05) is 32.1 Å². The minimum atomic E-state index is -0.426. The van der Waals surface area contributed by atoms with Gasteiger partial charge in [-0.3, -0.25) is 0 Å². The van der Waals surface area contributed by atoms with E-state index in [1.54, 1.807) is 6.07 Å². The molecule has 0 radical (unpaired) electrons. The highest BCUT2D eigenvalue weighted by atomic mass is 19.1. The zero-order valence-corrected chi connectivity index (χ0v) is 10.9. The molecule has 1 aliphatic rings. The van der Waals surface area contributed by atoms with Crippen LogP contribution < -0.4 is 4.90 Å². The molecule has 0 bridgehead atoms. The van der Waals surface area contributed by atoms with Gasteiger partial charge < -0.3 is 9.80 Å². The number of piperidine rings is 1. The van der Waals surface area contributed by atoms with Gasteiger partial charge in [-0.25, -0.2) is 4.39 Å². The van der Waals surface area contributed by atoms with Gasteiger partial charge in [0.2, 0.25) is 0 Å². The maximum absolute atomic E-state index is 13.6. The average molecular weight is 247 g/mol. The van der Waals surface area contributed by atoms with Crippen LogP contribution in [-0.4, -0.2) is 38.1 Å². The highest BCUT2D eigenvalue weighted by molar-refractivity contribution is 5.50. The van der Waals surface area contributed by atoms with Crippen LogP contribution in [0.5, 0.6) is 0 Å². The van der Waals surface area contributed by atoms with Gasteiger partial charge in [-0.05, 0) is 45.1 Å². The minimum absolute atomic E-state index is 0.113. The first-order chi connectivity index (χ1) is 8.61. The standard InChI is InChI=1S/C14H18FN3/c1-17(2)12-5-7-18(8-6-12)13-4-3-11(10-16)14(15)9-13/h3-4,9,12H,5-8H2,1-2H3. The van der Waals surface area contributed by atoms with Crippen molar-refractivity contribution in [3.8, 4) is 6.07 Å². The molecular formula is C14H18FN3. The normalized spacial score (nSPS) is 16.9. The second kappa shape index (κ2) is 5.36. The van der Waals surface area contributed by atoms with E-state index in [9.17, 15) is 4.39 Å². The van der Waals surface area contributed by atoms with Crippen molar-refractivity contribution < 1.29 is 4.39 Å². The van der Waals surface area contributed by atoms with Crippen LogP contribution in [0.3, 0.4) is 0 Å². The number of anilines is 1. The number of hydrogen-bond acceptors (Lipinski definition) is 3. The monoisotopic (exact) mass is 247 g/mol. The van der Waals surface area contributed by atoms with Crippen LogP contribution in [0.2, 0.25) is 0 Å². The number of nitrogens with zero attached hydrogens (tertiary/aromatic N) is 3. The summed E-state index contributed by atoms with van der Waals surface area (Å²) in [5.74, 6) is -0.426. The molecule has 0 unspecified atom stereocenters. The molecule has 0 amide bonds. The van der Waals surface area contributed by atoms with E-state index in [4.69, 9.17) is 5.26 Å². The summed E-state index contributed by atoms with van der Waals surface area (Å²) < 4.78 is 13.6. The van der Waals surface area contributed by atoms with E-state index < -0.39 is 5.82 Å². The molecule has 1 aliphatic heterocycles. The summed E-state index contributed by atoms with van der Waals surface area (Å²) in [4.78, 5) is 4.43. The highest BCUT2D eigenvalue weighted by Crippen LogP contribution is 2.23. The van der Waals surface area contributed by atoms with Crippen molar-refractivity contribution in [1.29, 1.82) is 5.26 Å². The number of rotatable bonds is 2. The van der Waals surface area contributed by atoms with Gasteiger partial charge in [-0.2, -0.15) is 5.26 Å². The Labute approximate surface area is 107 Å². The smallest absolute Gasteiger partial charge is 0.143 e. The lowest BCUT2D eigenvalue weighted by Gasteiger charge is -2.36. The Balaban J connectivity index is 2.06. The summed E-state index contributed by atoms with van der Waals surface area (Å²) in [6.07, 6.45) is 2.18. The molecule has 4 heteroatoms. The van der Waals surface area contributed by atoms with Crippen LogP contribution in [0.25, 0.3) is 0 Å². The van der Waals surface area contributed by atoms with E-state index in [0.717, 1.165) is 31.6 Å². The number of hydrogen-bond donors (Lipinski definition) is 0. The summed E-state index contributed by atoms with van der Waals surface area (Å²) >= 11 is 0. The summed E-state index contributed by atoms with van der Waals surface area (Å²) in [7, 11) is 4.20. The predicted octanol–water partition coefficient (Wildman–Crippen LogP) is 2.23. The Hall–Kier alpha value is -1.60. The van der Waals surface area contributed by atoms with Crippen LogP contribution >= 0.6 is 0 Å². The van der Waals surface area contributed by atoms with E-state index >= 15 is 0 Å². The third-order valence-electron chi connectivity index (χ3n) is 3.63. The molecule has 1 heterocycles. The van der Waals surface area contributed by atoms with Gasteiger partial charge >= 0.3 is 0 Å². The molecule has 3 nitrogen and oxygen atoms in total. The Kier molecular flexibility index (Phi) is 3.83. The van der Waals surface area contributed by atoms with Crippen molar-refractivity contribution >= 4 is 5.69 Å². The van der Waals surface area contributed by atoms with Gasteiger partial charge in [0, 0.05) is 24.8 Å². The summed E-state index contributed by atoms with van der Waals surface area (Å²) in [6.45, 7) is 1.88. The molecule has 96 valence electrons. The SMILES string of the molecule is CN(C)C1CCN(c2ccc(C#N)c(F)c2)CC1. The van der Waals surface area contributed by atoms with Crippen LogP contribution in [0, 0.1) is 17.1 Å². The van der Waals surface area contributed by atoms with Crippen LogP contribution in [-0.2, 0) is 0 Å². The first kappa shape index (κ1) is 12.8. The Morgan fingerprint density at radius 2 is 2.00 bits per heavy atom. The van der Waals surface area contributed by atoms with E-state index in [2.05, 4.69) is 23.9 Å². The van der Waals surface area contributed by atoms with Gasteiger partial charge in [0.1, 0.15) is 11.9 Å². The van der Waals surface area contributed by atoms with E-state index in [1.165, 1.54) is 6.07 Å². The van der Waals surface area contributed by atoms with Gasteiger partial charge in [0.15, 0.2) is 0 Å². The number of halogens is 1. The van der Waals surface area contributed by atoms with E-state index in [0.29, 0.717) is 6.04 Å². The molecule has 0 atom stereocenters. The lowest BCUT2D eigenvalue weighted by Crippen LogP contribution is -2.42. The molecule has 0 aliphatic carbocycles. The van der Waals surface area contributed by atoms with Crippen molar-refractivity contribution in [3.05, 3.63) is 29.6 Å². The molecule has 0 aromatic heterocycles. The lowest BCUT2D eigenvalue weighted by atomic mass is 10.0. The summed E-state index contributed by atoms with van der Waals surface area (Å²) in [6, 6.07) is 7.32. The highest BCUT2D eigenvalue weighted by Gasteiger charge is 2.21. The van der Waals surface area contributed by atoms with Crippen LogP contribution in [0.1, 0.15) is 18.4 Å². The first-order valence-electron chi connectivity index (χ1n) is 6.23. The number of nitriles is 1. The van der Waals surface area contributed by atoms with Crippen molar-refractivity contribution in [2.45, 2.75) is 18.9 Å². The Morgan fingerprint density at radius 3 is 2.50 bits per heavy atom. The molecule has 0 spiro atoms. The molecule has 1 fully saturated rings. The molecule has 0 saturated carbocycles. The van der Waals surface area contributed by atoms with E-state index in [1.807, 2.05) is 12.1 Å². The fraction of sp³-hybridized carbons (Fsp3) is 0.500. The van der Waals surface area contributed by atoms with Gasteiger partial charge in [-0.15, -0.1) is 0 Å². The minimum Gasteiger partial charge on any atom is -0.371 e. The molecule has 1 saturated heterocycles. The zero-order valence-electron chi connectivity index (χ0n) is 10.9. The second-order valence-corrected chi connectivity index (χ2v) is 4.96. The van der Waals surface area contributed by atoms with Gasteiger partial charge in [-0.1, -0.05) is 0 Å². The maximum atomic E-state index is 13.6. The predicted molar refractivity (Wildman–Crippen MR) is 70.0 cm³/mol. The third kappa shape index (κ3) is 2.62. The fourth-order valence-electron chi connectivity index (χ4n) is 2.43. The summed E-state index contributed by atoms with van der Waals surface area (Å²) in [5, 5.41) is 8.71. The molecule has 18 heavy (non-hydrogen) atoms. The van der Waals surface area contributed by atoms with Crippen molar-refractivity contribution in [1.82, 2.24) is 4.90 Å². The van der Waals surface area contributed by atoms with E-state index in [-0.39, 0.29) is 5.56 Å².